The van der Waals surface area contributed by atoms with E-state index in [1.807, 2.05) is 72.8 Å². The van der Waals surface area contributed by atoms with E-state index in [0.717, 1.165) is 36.0 Å². The molecule has 0 spiro atoms. The third kappa shape index (κ3) is 6.13. The van der Waals surface area contributed by atoms with E-state index in [2.05, 4.69) is 10.3 Å². The van der Waals surface area contributed by atoms with Gasteiger partial charge in [-0.3, -0.25) is 9.78 Å². The lowest BCUT2D eigenvalue weighted by molar-refractivity contribution is -0.116. The molecule has 30 heavy (non-hydrogen) atoms. The summed E-state index contributed by atoms with van der Waals surface area (Å²) in [6, 6.07) is 23.4. The van der Waals surface area contributed by atoms with Crippen LogP contribution in [0.4, 0.5) is 0 Å². The normalized spacial score (nSPS) is 11.5. The molecule has 0 aliphatic carbocycles. The molecule has 0 aliphatic rings. The van der Waals surface area contributed by atoms with E-state index >= 15 is 0 Å². The SMILES string of the molecule is O=C(/C=C\c1cccnc1)NCCCCCC(O)(c1ccccc1)c1ccccc1. The maximum Gasteiger partial charge on any atom is 0.243 e. The van der Waals surface area contributed by atoms with Gasteiger partial charge in [-0.2, -0.15) is 0 Å². The first-order valence-electron chi connectivity index (χ1n) is 10.4. The van der Waals surface area contributed by atoms with Crippen molar-refractivity contribution in [1.29, 1.82) is 0 Å². The van der Waals surface area contributed by atoms with E-state index in [0.29, 0.717) is 13.0 Å². The van der Waals surface area contributed by atoms with Crippen molar-refractivity contribution in [3.8, 4) is 0 Å². The van der Waals surface area contributed by atoms with Crippen LogP contribution in [0.25, 0.3) is 6.08 Å². The van der Waals surface area contributed by atoms with Crippen LogP contribution in [0.2, 0.25) is 0 Å². The van der Waals surface area contributed by atoms with Crippen molar-refractivity contribution in [1.82, 2.24) is 10.3 Å². The highest BCUT2D eigenvalue weighted by molar-refractivity contribution is 5.91. The second kappa shape index (κ2) is 11.1. The standard InChI is InChI=1S/C26H28N2O2/c29-25(17-16-22-11-10-19-27-21-22)28-20-9-3-8-18-26(30,23-12-4-1-5-13-23)24-14-6-2-7-15-24/h1-2,4-7,10-17,19,21,30H,3,8-9,18,20H2,(H,28,29)/b17-16-. The number of amides is 1. The van der Waals surface area contributed by atoms with Crippen LogP contribution in [0.1, 0.15) is 42.4 Å². The molecule has 1 heterocycles. The molecule has 0 aliphatic heterocycles. The molecular formula is C26H28N2O2. The molecule has 4 nitrogen and oxygen atoms in total. The number of benzene rings is 2. The molecular weight excluding hydrogens is 372 g/mol. The summed E-state index contributed by atoms with van der Waals surface area (Å²) in [5.41, 5.74) is 1.71. The number of aromatic nitrogens is 1. The number of carbonyl (C=O) groups excluding carboxylic acids is 1. The molecule has 0 saturated heterocycles. The zero-order valence-corrected chi connectivity index (χ0v) is 17.1. The Morgan fingerprint density at radius 2 is 1.57 bits per heavy atom. The summed E-state index contributed by atoms with van der Waals surface area (Å²) in [5, 5.41) is 14.4. The molecule has 154 valence electrons. The lowest BCUT2D eigenvalue weighted by Crippen LogP contribution is -2.27. The Morgan fingerprint density at radius 3 is 2.17 bits per heavy atom. The molecule has 1 amide bonds. The van der Waals surface area contributed by atoms with E-state index in [1.54, 1.807) is 18.5 Å². The van der Waals surface area contributed by atoms with Crippen LogP contribution < -0.4 is 5.32 Å². The fraction of sp³-hybridized carbons (Fsp3) is 0.231. The van der Waals surface area contributed by atoms with Crippen LogP contribution in [0, 0.1) is 0 Å². The summed E-state index contributed by atoms with van der Waals surface area (Å²) in [6.07, 6.45) is 9.99. The molecule has 3 aromatic rings. The summed E-state index contributed by atoms with van der Waals surface area (Å²) in [5.74, 6) is -0.107. The minimum atomic E-state index is -1.00. The van der Waals surface area contributed by atoms with Crippen LogP contribution >= 0.6 is 0 Å². The number of carbonyl (C=O) groups is 1. The van der Waals surface area contributed by atoms with Gasteiger partial charge in [0.2, 0.25) is 5.91 Å². The Morgan fingerprint density at radius 1 is 0.900 bits per heavy atom. The summed E-state index contributed by atoms with van der Waals surface area (Å²) in [4.78, 5) is 15.9. The fourth-order valence-corrected chi connectivity index (χ4v) is 3.48. The Hall–Kier alpha value is -3.24. The second-order valence-electron chi connectivity index (χ2n) is 7.31. The lowest BCUT2D eigenvalue weighted by Gasteiger charge is -2.29. The van der Waals surface area contributed by atoms with Crippen molar-refractivity contribution in [2.45, 2.75) is 31.3 Å². The average molecular weight is 401 g/mol. The molecule has 0 unspecified atom stereocenters. The third-order valence-corrected chi connectivity index (χ3v) is 5.13. The highest BCUT2D eigenvalue weighted by atomic mass is 16.3. The van der Waals surface area contributed by atoms with Crippen LogP contribution in [-0.2, 0) is 10.4 Å². The first-order valence-corrected chi connectivity index (χ1v) is 10.4. The number of unbranched alkanes of at least 4 members (excludes halogenated alkanes) is 2. The van der Waals surface area contributed by atoms with Crippen LogP contribution in [0.5, 0.6) is 0 Å². The number of aliphatic hydroxyl groups is 1. The van der Waals surface area contributed by atoms with Crippen molar-refractivity contribution in [3.05, 3.63) is 108 Å². The van der Waals surface area contributed by atoms with Crippen molar-refractivity contribution in [2.24, 2.45) is 0 Å². The quantitative estimate of drug-likeness (QED) is 0.383. The largest absolute Gasteiger partial charge is 0.380 e. The van der Waals surface area contributed by atoms with Gasteiger partial charge in [0.25, 0.3) is 0 Å². The van der Waals surface area contributed by atoms with E-state index in [4.69, 9.17) is 0 Å². The molecule has 3 rings (SSSR count). The summed E-state index contributed by atoms with van der Waals surface area (Å²) in [6.45, 7) is 0.616. The van der Waals surface area contributed by atoms with Gasteiger partial charge < -0.3 is 10.4 Å². The molecule has 0 bridgehead atoms. The fourth-order valence-electron chi connectivity index (χ4n) is 3.48. The zero-order valence-electron chi connectivity index (χ0n) is 17.1. The van der Waals surface area contributed by atoms with Crippen LogP contribution in [0.3, 0.4) is 0 Å². The average Bonchev–Trinajstić information content (AvgIpc) is 2.81. The molecule has 4 heteroatoms. The monoisotopic (exact) mass is 400 g/mol. The molecule has 0 saturated carbocycles. The van der Waals surface area contributed by atoms with Gasteiger partial charge >= 0.3 is 0 Å². The van der Waals surface area contributed by atoms with Crippen LogP contribution in [0.15, 0.2) is 91.3 Å². The minimum Gasteiger partial charge on any atom is -0.380 e. The highest BCUT2D eigenvalue weighted by Gasteiger charge is 2.30. The van der Waals surface area contributed by atoms with Gasteiger partial charge in [-0.15, -0.1) is 0 Å². The van der Waals surface area contributed by atoms with Gasteiger partial charge in [0, 0.05) is 25.0 Å². The molecule has 0 fully saturated rings. The minimum absolute atomic E-state index is 0.107. The van der Waals surface area contributed by atoms with E-state index in [9.17, 15) is 9.90 Å². The maximum atomic E-state index is 11.9. The van der Waals surface area contributed by atoms with Gasteiger partial charge in [0.05, 0.1) is 0 Å². The number of rotatable bonds is 10. The van der Waals surface area contributed by atoms with Crippen LogP contribution in [-0.4, -0.2) is 22.5 Å². The van der Waals surface area contributed by atoms with E-state index < -0.39 is 5.60 Å². The van der Waals surface area contributed by atoms with E-state index in [1.165, 1.54) is 6.08 Å². The Bertz CT molecular complexity index is 886. The van der Waals surface area contributed by atoms with Crippen molar-refractivity contribution in [2.75, 3.05) is 6.54 Å². The molecule has 2 N–H and O–H groups in total. The van der Waals surface area contributed by atoms with Crippen molar-refractivity contribution in [3.63, 3.8) is 0 Å². The van der Waals surface area contributed by atoms with Gasteiger partial charge in [-0.1, -0.05) is 73.2 Å². The zero-order chi connectivity index (χ0) is 21.1. The first-order chi connectivity index (χ1) is 14.7. The topological polar surface area (TPSA) is 62.2 Å². The Kier molecular flexibility index (Phi) is 7.93. The van der Waals surface area contributed by atoms with Crippen molar-refractivity contribution >= 4 is 12.0 Å². The van der Waals surface area contributed by atoms with Gasteiger partial charge in [0.1, 0.15) is 5.60 Å². The third-order valence-electron chi connectivity index (χ3n) is 5.13. The number of pyridine rings is 1. The highest BCUT2D eigenvalue weighted by Crippen LogP contribution is 2.34. The predicted octanol–water partition coefficient (Wildman–Crippen LogP) is 4.71. The van der Waals surface area contributed by atoms with E-state index in [-0.39, 0.29) is 5.91 Å². The maximum absolute atomic E-state index is 11.9. The number of nitrogens with zero attached hydrogens (tertiary/aromatic N) is 1. The number of nitrogens with one attached hydrogen (secondary N) is 1. The molecule has 0 radical (unpaired) electrons. The smallest absolute Gasteiger partial charge is 0.243 e. The first kappa shape index (κ1) is 21.5. The van der Waals surface area contributed by atoms with Gasteiger partial charge in [-0.25, -0.2) is 0 Å². The number of hydrogen-bond acceptors (Lipinski definition) is 3. The molecule has 0 atom stereocenters. The Labute approximate surface area is 178 Å². The summed E-state index contributed by atoms with van der Waals surface area (Å²) >= 11 is 0. The second-order valence-corrected chi connectivity index (χ2v) is 7.31. The molecule has 2 aromatic carbocycles. The summed E-state index contributed by atoms with van der Waals surface area (Å²) in [7, 11) is 0. The Balaban J connectivity index is 1.46. The lowest BCUT2D eigenvalue weighted by atomic mass is 9.82. The molecule has 1 aromatic heterocycles. The van der Waals surface area contributed by atoms with Crippen molar-refractivity contribution < 1.29 is 9.90 Å². The predicted molar refractivity (Wildman–Crippen MR) is 121 cm³/mol. The van der Waals surface area contributed by atoms with Gasteiger partial charge in [0.15, 0.2) is 0 Å². The summed E-state index contributed by atoms with van der Waals surface area (Å²) < 4.78 is 0. The van der Waals surface area contributed by atoms with Gasteiger partial charge in [-0.05, 0) is 48.1 Å². The number of hydrogen-bond donors (Lipinski definition) is 2.